The number of phenolic OH excluding ortho intramolecular Hbond substituents is 1. The van der Waals surface area contributed by atoms with E-state index in [1.54, 1.807) is 6.07 Å². The Bertz CT molecular complexity index is 462. The van der Waals surface area contributed by atoms with E-state index in [1.165, 1.54) is 19.3 Å². The van der Waals surface area contributed by atoms with Gasteiger partial charge in [0.15, 0.2) is 0 Å². The Hall–Kier alpha value is -1.06. The Balaban J connectivity index is 2.05. The first-order chi connectivity index (χ1) is 9.12. The van der Waals surface area contributed by atoms with Gasteiger partial charge in [0.2, 0.25) is 0 Å². The van der Waals surface area contributed by atoms with E-state index in [0.717, 1.165) is 18.5 Å². The zero-order chi connectivity index (χ0) is 13.5. The predicted octanol–water partition coefficient (Wildman–Crippen LogP) is 2.88. The van der Waals surface area contributed by atoms with Crippen molar-refractivity contribution in [2.24, 2.45) is 0 Å². The summed E-state index contributed by atoms with van der Waals surface area (Å²) in [5.74, 6) is 0.334. The number of phenols is 1. The van der Waals surface area contributed by atoms with Crippen LogP contribution in [0.15, 0.2) is 24.3 Å². The zero-order valence-electron chi connectivity index (χ0n) is 11.8. The fraction of sp³-hybridized carbons (Fsp3) is 0.625. The van der Waals surface area contributed by atoms with Crippen molar-refractivity contribution in [1.29, 1.82) is 0 Å². The highest BCUT2D eigenvalue weighted by atomic mass is 16.5. The maximum absolute atomic E-state index is 9.79. The van der Waals surface area contributed by atoms with Crippen LogP contribution in [0.1, 0.15) is 38.2 Å². The molecule has 1 N–H and O–H groups in total. The Kier molecular flexibility index (Phi) is 3.27. The summed E-state index contributed by atoms with van der Waals surface area (Å²) in [6.07, 6.45) is 4.94. The molecule has 2 aliphatic rings. The highest BCUT2D eigenvalue weighted by Gasteiger charge is 2.49. The van der Waals surface area contributed by atoms with Crippen LogP contribution < -0.4 is 0 Å². The van der Waals surface area contributed by atoms with Crippen molar-refractivity contribution < 1.29 is 9.84 Å². The molecular weight excluding hydrogens is 238 g/mol. The van der Waals surface area contributed by atoms with E-state index in [4.69, 9.17) is 4.74 Å². The van der Waals surface area contributed by atoms with Gasteiger partial charge >= 0.3 is 0 Å². The van der Waals surface area contributed by atoms with Crippen LogP contribution in [0.2, 0.25) is 0 Å². The lowest BCUT2D eigenvalue weighted by atomic mass is 9.73. The lowest BCUT2D eigenvalue weighted by Crippen LogP contribution is -2.60. The number of hydrogen-bond donors (Lipinski definition) is 1. The Morgan fingerprint density at radius 1 is 1.37 bits per heavy atom. The first-order valence-corrected chi connectivity index (χ1v) is 7.29. The van der Waals surface area contributed by atoms with Crippen molar-refractivity contribution in [2.45, 2.75) is 50.4 Å². The van der Waals surface area contributed by atoms with Gasteiger partial charge in [0.05, 0.1) is 6.10 Å². The second kappa shape index (κ2) is 4.80. The van der Waals surface area contributed by atoms with Crippen LogP contribution in [0.4, 0.5) is 0 Å². The largest absolute Gasteiger partial charge is 0.508 e. The molecule has 0 unspecified atom stereocenters. The molecule has 0 radical (unpaired) electrons. The summed E-state index contributed by atoms with van der Waals surface area (Å²) in [5.41, 5.74) is 0.902. The van der Waals surface area contributed by atoms with E-state index in [2.05, 4.69) is 24.9 Å². The normalized spacial score (nSPS) is 35.9. The number of aromatic hydroxyl groups is 1. The van der Waals surface area contributed by atoms with Crippen LogP contribution >= 0.6 is 0 Å². The second-order valence-electron chi connectivity index (χ2n) is 6.07. The number of hydrogen-bond acceptors (Lipinski definition) is 3. The van der Waals surface area contributed by atoms with Gasteiger partial charge in [0.25, 0.3) is 0 Å². The quantitative estimate of drug-likeness (QED) is 0.843. The second-order valence-corrected chi connectivity index (χ2v) is 6.07. The van der Waals surface area contributed by atoms with Crippen LogP contribution in [0, 0.1) is 0 Å². The molecule has 1 aliphatic heterocycles. The van der Waals surface area contributed by atoms with Crippen molar-refractivity contribution in [3.05, 3.63) is 29.8 Å². The number of fused-ring (bicyclic) bond motifs is 1. The molecule has 104 valence electrons. The maximum Gasteiger partial charge on any atom is 0.115 e. The molecule has 0 spiro atoms. The van der Waals surface area contributed by atoms with Crippen molar-refractivity contribution >= 4 is 0 Å². The maximum atomic E-state index is 9.79. The minimum Gasteiger partial charge on any atom is -0.508 e. The molecule has 1 aromatic rings. The smallest absolute Gasteiger partial charge is 0.115 e. The van der Waals surface area contributed by atoms with Crippen LogP contribution in [-0.4, -0.2) is 35.7 Å². The van der Waals surface area contributed by atoms with E-state index in [-0.39, 0.29) is 11.7 Å². The molecule has 0 aromatic heterocycles. The molecule has 3 nitrogen and oxygen atoms in total. The molecule has 0 amide bonds. The molecule has 1 saturated carbocycles. The van der Waals surface area contributed by atoms with Gasteiger partial charge < -0.3 is 9.84 Å². The van der Waals surface area contributed by atoms with Crippen LogP contribution in [0.25, 0.3) is 0 Å². The highest BCUT2D eigenvalue weighted by Crippen LogP contribution is 2.46. The summed E-state index contributed by atoms with van der Waals surface area (Å²) in [7, 11) is 2.20. The Labute approximate surface area is 115 Å². The number of ether oxygens (including phenoxy) is 1. The van der Waals surface area contributed by atoms with Gasteiger partial charge in [-0.15, -0.1) is 0 Å². The third-order valence-electron chi connectivity index (χ3n) is 4.64. The molecule has 0 bridgehead atoms. The Morgan fingerprint density at radius 3 is 3.00 bits per heavy atom. The summed E-state index contributed by atoms with van der Waals surface area (Å²) in [6, 6.07) is 8.06. The molecule has 1 aliphatic carbocycles. The lowest BCUT2D eigenvalue weighted by Gasteiger charge is -2.53. The third-order valence-corrected chi connectivity index (χ3v) is 4.64. The SMILES string of the molecule is C[C@@H]1CN(C)[C@H]2CCCC[C@@]2(c2cccc(O)c2)O1. The van der Waals surface area contributed by atoms with Crippen molar-refractivity contribution in [3.63, 3.8) is 0 Å². The van der Waals surface area contributed by atoms with Crippen molar-refractivity contribution in [1.82, 2.24) is 4.90 Å². The minimum absolute atomic E-state index is 0.233. The van der Waals surface area contributed by atoms with Gasteiger partial charge in [-0.25, -0.2) is 0 Å². The number of benzene rings is 1. The van der Waals surface area contributed by atoms with Gasteiger partial charge in [-0.05, 0) is 44.5 Å². The monoisotopic (exact) mass is 261 g/mol. The number of likely N-dealkylation sites (N-methyl/N-ethyl adjacent to an activating group) is 1. The topological polar surface area (TPSA) is 32.7 Å². The number of morpholine rings is 1. The van der Waals surface area contributed by atoms with E-state index in [1.807, 2.05) is 12.1 Å². The van der Waals surface area contributed by atoms with Crippen LogP contribution in [0.3, 0.4) is 0 Å². The molecule has 19 heavy (non-hydrogen) atoms. The fourth-order valence-electron chi connectivity index (χ4n) is 3.94. The lowest BCUT2D eigenvalue weighted by molar-refractivity contribution is -0.198. The highest BCUT2D eigenvalue weighted by molar-refractivity contribution is 5.34. The standard InChI is InChI=1S/C16H23NO2/c1-12-11-17(2)15-8-3-4-9-16(15,19-12)13-6-5-7-14(18)10-13/h5-7,10,12,15,18H,3-4,8-9,11H2,1-2H3/t12-,15+,16+/m1/s1. The first kappa shape index (κ1) is 12.9. The van der Waals surface area contributed by atoms with E-state index >= 15 is 0 Å². The van der Waals surface area contributed by atoms with Gasteiger partial charge in [-0.3, -0.25) is 4.90 Å². The molecular formula is C16H23NO2. The predicted molar refractivity (Wildman–Crippen MR) is 75.2 cm³/mol. The average molecular weight is 261 g/mol. The summed E-state index contributed by atoms with van der Waals surface area (Å²) in [6.45, 7) is 3.14. The summed E-state index contributed by atoms with van der Waals surface area (Å²) in [5, 5.41) is 9.79. The van der Waals surface area contributed by atoms with Gasteiger partial charge in [-0.1, -0.05) is 25.0 Å². The minimum atomic E-state index is -0.233. The summed E-state index contributed by atoms with van der Waals surface area (Å²) in [4.78, 5) is 2.44. The van der Waals surface area contributed by atoms with Crippen LogP contribution in [-0.2, 0) is 10.3 Å². The van der Waals surface area contributed by atoms with Gasteiger partial charge in [0, 0.05) is 12.6 Å². The molecule has 1 aromatic carbocycles. The fourth-order valence-corrected chi connectivity index (χ4v) is 3.94. The number of nitrogens with zero attached hydrogens (tertiary/aromatic N) is 1. The van der Waals surface area contributed by atoms with Crippen LogP contribution in [0.5, 0.6) is 5.75 Å². The zero-order valence-corrected chi connectivity index (χ0v) is 11.8. The van der Waals surface area contributed by atoms with Gasteiger partial charge in [0.1, 0.15) is 11.4 Å². The van der Waals surface area contributed by atoms with E-state index < -0.39 is 0 Å². The van der Waals surface area contributed by atoms with E-state index in [0.29, 0.717) is 11.8 Å². The third kappa shape index (κ3) is 2.15. The molecule has 3 atom stereocenters. The molecule has 3 heteroatoms. The summed E-state index contributed by atoms with van der Waals surface area (Å²) < 4.78 is 6.44. The molecule has 1 saturated heterocycles. The van der Waals surface area contributed by atoms with Crippen molar-refractivity contribution in [2.75, 3.05) is 13.6 Å². The molecule has 1 heterocycles. The molecule has 3 rings (SSSR count). The summed E-state index contributed by atoms with van der Waals surface area (Å²) >= 11 is 0. The first-order valence-electron chi connectivity index (χ1n) is 7.29. The average Bonchev–Trinajstić information content (AvgIpc) is 2.38. The van der Waals surface area contributed by atoms with Gasteiger partial charge in [-0.2, -0.15) is 0 Å². The van der Waals surface area contributed by atoms with E-state index in [9.17, 15) is 5.11 Å². The van der Waals surface area contributed by atoms with Crippen molar-refractivity contribution in [3.8, 4) is 5.75 Å². The Morgan fingerprint density at radius 2 is 2.21 bits per heavy atom. The number of rotatable bonds is 1. The molecule has 2 fully saturated rings.